The van der Waals surface area contributed by atoms with E-state index in [-0.39, 0.29) is 6.10 Å². The van der Waals surface area contributed by atoms with Crippen LogP contribution in [0.3, 0.4) is 0 Å². The predicted octanol–water partition coefficient (Wildman–Crippen LogP) is 4.13. The van der Waals surface area contributed by atoms with Crippen molar-refractivity contribution in [2.75, 3.05) is 18.8 Å². The normalized spacial score (nSPS) is 23.2. The van der Waals surface area contributed by atoms with Crippen molar-refractivity contribution < 1.29 is 4.74 Å². The molecule has 19 heavy (non-hydrogen) atoms. The molecule has 2 aliphatic rings. The van der Waals surface area contributed by atoms with E-state index in [1.165, 1.54) is 17.1 Å². The average molecular weight is 316 g/mol. The average Bonchev–Trinajstić information content (AvgIpc) is 2.78. The monoisotopic (exact) mass is 315 g/mol. The van der Waals surface area contributed by atoms with Crippen LogP contribution in [0.5, 0.6) is 5.75 Å². The highest BCUT2D eigenvalue weighted by atomic mass is 35.5. The molecule has 102 valence electrons. The summed E-state index contributed by atoms with van der Waals surface area (Å²) in [7, 11) is 0. The number of halogens is 2. The second kappa shape index (κ2) is 5.96. The van der Waals surface area contributed by atoms with E-state index in [9.17, 15) is 0 Å². The fraction of sp³-hybridized carbons (Fsp3) is 0.429. The number of ether oxygens (including phenoxy) is 1. The molecule has 5 heteroatoms. The highest BCUT2D eigenvalue weighted by Crippen LogP contribution is 2.38. The van der Waals surface area contributed by atoms with Crippen molar-refractivity contribution in [3.63, 3.8) is 0 Å². The molecule has 1 aromatic rings. The van der Waals surface area contributed by atoms with Crippen LogP contribution in [0, 0.1) is 0 Å². The van der Waals surface area contributed by atoms with Gasteiger partial charge in [-0.3, -0.25) is 0 Å². The summed E-state index contributed by atoms with van der Waals surface area (Å²) < 4.78 is 6.10. The molecule has 1 unspecified atom stereocenters. The molecule has 2 heterocycles. The fourth-order valence-corrected chi connectivity index (χ4v) is 4.04. The van der Waals surface area contributed by atoms with Gasteiger partial charge in [-0.1, -0.05) is 28.8 Å². The van der Waals surface area contributed by atoms with Crippen LogP contribution in [0.1, 0.15) is 12.8 Å². The van der Waals surface area contributed by atoms with Crippen LogP contribution < -0.4 is 10.1 Å². The Morgan fingerprint density at radius 3 is 2.95 bits per heavy atom. The third kappa shape index (κ3) is 3.05. The van der Waals surface area contributed by atoms with Gasteiger partial charge in [-0.05, 0) is 31.5 Å². The molecule has 0 amide bonds. The third-order valence-corrected chi connectivity index (χ3v) is 5.41. The van der Waals surface area contributed by atoms with E-state index in [0.717, 1.165) is 25.3 Å². The van der Waals surface area contributed by atoms with E-state index in [4.69, 9.17) is 27.9 Å². The molecule has 1 N–H and O–H groups in total. The van der Waals surface area contributed by atoms with Crippen molar-refractivity contribution in [3.8, 4) is 5.75 Å². The number of benzene rings is 1. The number of thioether (sulfide) groups is 1. The molecule has 1 atom stereocenters. The maximum atomic E-state index is 6.10. The van der Waals surface area contributed by atoms with Gasteiger partial charge in [-0.2, -0.15) is 0 Å². The second-order valence-electron chi connectivity index (χ2n) is 4.70. The van der Waals surface area contributed by atoms with Crippen molar-refractivity contribution in [1.29, 1.82) is 0 Å². The summed E-state index contributed by atoms with van der Waals surface area (Å²) in [5, 5.41) is 4.53. The lowest BCUT2D eigenvalue weighted by Crippen LogP contribution is -2.30. The third-order valence-electron chi connectivity index (χ3n) is 3.40. The van der Waals surface area contributed by atoms with E-state index in [1.807, 2.05) is 17.8 Å². The molecule has 0 saturated heterocycles. The van der Waals surface area contributed by atoms with Crippen molar-refractivity contribution >= 4 is 35.0 Å². The lowest BCUT2D eigenvalue weighted by molar-refractivity contribution is 0.244. The molecule has 0 radical (unpaired) electrons. The van der Waals surface area contributed by atoms with Crippen molar-refractivity contribution in [3.05, 3.63) is 38.7 Å². The Morgan fingerprint density at radius 1 is 1.21 bits per heavy atom. The van der Waals surface area contributed by atoms with Gasteiger partial charge in [0.1, 0.15) is 11.9 Å². The first-order chi connectivity index (χ1) is 9.24. The van der Waals surface area contributed by atoms with Crippen molar-refractivity contribution in [2.45, 2.75) is 18.9 Å². The first kappa shape index (κ1) is 13.6. The SMILES string of the molecule is Clc1ccc(OC2CNCCC3=C2SCC3)cc1Cl. The van der Waals surface area contributed by atoms with E-state index in [1.54, 1.807) is 17.7 Å². The Bertz CT molecular complexity index is 518. The van der Waals surface area contributed by atoms with Crippen LogP contribution in [0.4, 0.5) is 0 Å². The lowest BCUT2D eigenvalue weighted by Gasteiger charge is -2.20. The molecule has 0 aliphatic carbocycles. The summed E-state index contributed by atoms with van der Waals surface area (Å²) in [5.41, 5.74) is 1.56. The van der Waals surface area contributed by atoms with Crippen LogP contribution in [-0.4, -0.2) is 24.9 Å². The summed E-state index contributed by atoms with van der Waals surface area (Å²) in [5.74, 6) is 1.97. The molecule has 2 aliphatic heterocycles. The summed E-state index contributed by atoms with van der Waals surface area (Å²) in [6, 6.07) is 5.44. The van der Waals surface area contributed by atoms with Gasteiger partial charge >= 0.3 is 0 Å². The van der Waals surface area contributed by atoms with E-state index in [0.29, 0.717) is 10.0 Å². The Labute approximate surface area is 127 Å². The van der Waals surface area contributed by atoms with Gasteiger partial charge in [0.15, 0.2) is 0 Å². The molecular weight excluding hydrogens is 301 g/mol. The molecule has 2 nitrogen and oxygen atoms in total. The quantitative estimate of drug-likeness (QED) is 0.886. The van der Waals surface area contributed by atoms with Crippen molar-refractivity contribution in [2.24, 2.45) is 0 Å². The highest BCUT2D eigenvalue weighted by Gasteiger charge is 2.27. The van der Waals surface area contributed by atoms with Gasteiger partial charge in [-0.15, -0.1) is 11.8 Å². The molecule has 3 rings (SSSR count). The highest BCUT2D eigenvalue weighted by molar-refractivity contribution is 8.03. The van der Waals surface area contributed by atoms with Crippen LogP contribution in [-0.2, 0) is 0 Å². The largest absolute Gasteiger partial charge is 0.484 e. The van der Waals surface area contributed by atoms with Crippen LogP contribution in [0.25, 0.3) is 0 Å². The van der Waals surface area contributed by atoms with E-state index in [2.05, 4.69) is 5.32 Å². The van der Waals surface area contributed by atoms with Gasteiger partial charge in [-0.25, -0.2) is 0 Å². The summed E-state index contributed by atoms with van der Waals surface area (Å²) in [6.07, 6.45) is 2.44. The minimum atomic E-state index is 0.0993. The summed E-state index contributed by atoms with van der Waals surface area (Å²) in [4.78, 5) is 1.41. The molecule has 1 aromatic carbocycles. The predicted molar refractivity (Wildman–Crippen MR) is 82.5 cm³/mol. The minimum absolute atomic E-state index is 0.0993. The minimum Gasteiger partial charge on any atom is -0.484 e. The van der Waals surface area contributed by atoms with Gasteiger partial charge < -0.3 is 10.1 Å². The van der Waals surface area contributed by atoms with Gasteiger partial charge in [0.25, 0.3) is 0 Å². The molecule has 0 fully saturated rings. The van der Waals surface area contributed by atoms with Crippen molar-refractivity contribution in [1.82, 2.24) is 5.32 Å². The lowest BCUT2D eigenvalue weighted by atomic mass is 10.1. The number of nitrogens with one attached hydrogen (secondary N) is 1. The van der Waals surface area contributed by atoms with Crippen LogP contribution >= 0.6 is 35.0 Å². The molecule has 0 spiro atoms. The maximum Gasteiger partial charge on any atom is 0.142 e. The van der Waals surface area contributed by atoms with E-state index >= 15 is 0 Å². The maximum absolute atomic E-state index is 6.10. The second-order valence-corrected chi connectivity index (χ2v) is 6.65. The summed E-state index contributed by atoms with van der Waals surface area (Å²) >= 11 is 13.9. The Balaban J connectivity index is 1.80. The zero-order valence-electron chi connectivity index (χ0n) is 10.4. The molecule has 0 bridgehead atoms. The van der Waals surface area contributed by atoms with Gasteiger partial charge in [0.05, 0.1) is 10.0 Å². The Hall–Kier alpha value is -0.350. The number of rotatable bonds is 2. The number of hydrogen-bond donors (Lipinski definition) is 1. The van der Waals surface area contributed by atoms with Crippen LogP contribution in [0.2, 0.25) is 10.0 Å². The van der Waals surface area contributed by atoms with Gasteiger partial charge in [0, 0.05) is 23.3 Å². The standard InChI is InChI=1S/C14H15Cl2NOS/c15-11-2-1-10(7-12(11)16)18-13-8-17-5-3-9-4-6-19-14(9)13/h1-2,7,13,17H,3-6,8H2. The molecule has 0 aromatic heterocycles. The smallest absolute Gasteiger partial charge is 0.142 e. The fourth-order valence-electron chi connectivity index (χ4n) is 2.45. The summed E-state index contributed by atoms with van der Waals surface area (Å²) in [6.45, 7) is 1.90. The van der Waals surface area contributed by atoms with Gasteiger partial charge in [0.2, 0.25) is 0 Å². The number of hydrogen-bond acceptors (Lipinski definition) is 3. The molecular formula is C14H15Cl2NOS. The van der Waals surface area contributed by atoms with E-state index < -0.39 is 0 Å². The first-order valence-electron chi connectivity index (χ1n) is 6.41. The zero-order valence-corrected chi connectivity index (χ0v) is 12.7. The topological polar surface area (TPSA) is 21.3 Å². The Morgan fingerprint density at radius 2 is 2.11 bits per heavy atom. The first-order valence-corrected chi connectivity index (χ1v) is 8.15. The van der Waals surface area contributed by atoms with Crippen LogP contribution in [0.15, 0.2) is 28.7 Å². The molecule has 0 saturated carbocycles. The zero-order chi connectivity index (χ0) is 13.2. The Kier molecular flexibility index (Phi) is 4.27.